The van der Waals surface area contributed by atoms with Gasteiger partial charge in [0.05, 0.1) is 0 Å². The van der Waals surface area contributed by atoms with Gasteiger partial charge in [-0.1, -0.05) is 6.55 Å². The maximum Gasteiger partial charge on any atom is 0.259 e. The minimum atomic E-state index is -1.84. The van der Waals surface area contributed by atoms with Crippen molar-refractivity contribution >= 4 is 56.7 Å². The zero-order chi connectivity index (χ0) is 7.83. The Labute approximate surface area is 80.9 Å². The van der Waals surface area contributed by atoms with Crippen LogP contribution in [-0.4, -0.2) is 23.6 Å². The van der Waals surface area contributed by atoms with Crippen LogP contribution in [0.2, 0.25) is 13.1 Å². The molecule has 6 heteroatoms. The lowest BCUT2D eigenvalue weighted by Crippen LogP contribution is -2.44. The summed E-state index contributed by atoms with van der Waals surface area (Å²) in [5.41, 5.74) is 0. The Morgan fingerprint density at radius 3 is 1.90 bits per heavy atom. The van der Waals surface area contributed by atoms with Crippen LogP contribution in [0.3, 0.4) is 0 Å². The summed E-state index contributed by atoms with van der Waals surface area (Å²) in [7, 11) is 0. The van der Waals surface area contributed by atoms with Gasteiger partial charge < -0.3 is 0 Å². The molecule has 0 aromatic heterocycles. The molecule has 0 amide bonds. The number of hydrogen-bond acceptors (Lipinski definition) is 2. The van der Waals surface area contributed by atoms with Gasteiger partial charge in [0, 0.05) is 0 Å². The number of hydrogen-bond donors (Lipinski definition) is 0. The van der Waals surface area contributed by atoms with E-state index in [0.717, 1.165) is 0 Å². The van der Waals surface area contributed by atoms with Crippen molar-refractivity contribution in [3.05, 3.63) is 0 Å². The Morgan fingerprint density at radius 1 is 1.30 bits per heavy atom. The molecule has 0 bridgehead atoms. The van der Waals surface area contributed by atoms with Crippen molar-refractivity contribution < 1.29 is 0 Å². The highest BCUT2D eigenvalue weighted by Crippen LogP contribution is 2.48. The average molecular weight is 249 g/mol. The average Bonchev–Trinajstić information content (AvgIpc) is 2.13. The van der Waals surface area contributed by atoms with Gasteiger partial charge in [-0.2, -0.15) is 22.4 Å². The van der Waals surface area contributed by atoms with Gasteiger partial charge in [-0.15, -0.1) is 22.2 Å². The number of halogens is 2. The van der Waals surface area contributed by atoms with Crippen molar-refractivity contribution in [2.45, 2.75) is 13.1 Å². The first-order valence-corrected chi connectivity index (χ1v) is 14.6. The third-order valence-electron chi connectivity index (χ3n) is 1.64. The Balaban J connectivity index is 2.67. The minimum absolute atomic E-state index is 1.26. The number of rotatable bonds is 1. The fraction of sp³-hybridized carbons (Fsp3) is 1.00. The Hall–Kier alpha value is 1.71. The van der Waals surface area contributed by atoms with Crippen molar-refractivity contribution in [1.82, 2.24) is 0 Å². The highest BCUT2D eigenvalue weighted by Gasteiger charge is 2.51. The van der Waals surface area contributed by atoms with E-state index in [1.807, 2.05) is 0 Å². The fourth-order valence-electron chi connectivity index (χ4n) is 0.768. The highest BCUT2D eigenvalue weighted by molar-refractivity contribution is 8.68. The van der Waals surface area contributed by atoms with Crippen LogP contribution in [0.15, 0.2) is 0 Å². The summed E-state index contributed by atoms with van der Waals surface area (Å²) in [6.45, 7) is 4.37. The highest BCUT2D eigenvalue weighted by atomic mass is 35.7. The van der Waals surface area contributed by atoms with Crippen LogP contribution in [0.1, 0.15) is 0 Å². The van der Waals surface area contributed by atoms with E-state index in [4.69, 9.17) is 22.2 Å². The summed E-state index contributed by atoms with van der Waals surface area (Å²) in [6.07, 6.45) is -1.84. The fourth-order valence-corrected chi connectivity index (χ4v) is 23.0. The molecule has 0 saturated carbocycles. The SMILES string of the molecule is C[Si](Cl)(Cl)[Si]1(C)SCCS1. The summed E-state index contributed by atoms with van der Waals surface area (Å²) >= 11 is 16.5. The second kappa shape index (κ2) is 3.22. The van der Waals surface area contributed by atoms with Crippen LogP contribution >= 0.6 is 44.6 Å². The molecule has 1 saturated heterocycles. The molecule has 10 heavy (non-hydrogen) atoms. The molecule has 0 radical (unpaired) electrons. The van der Waals surface area contributed by atoms with Crippen LogP contribution < -0.4 is 0 Å². The van der Waals surface area contributed by atoms with Crippen molar-refractivity contribution in [3.63, 3.8) is 0 Å². The van der Waals surface area contributed by atoms with E-state index in [1.165, 1.54) is 11.5 Å². The normalized spacial score (nSPS) is 25.2. The first kappa shape index (κ1) is 9.80. The molecule has 0 atom stereocenters. The largest absolute Gasteiger partial charge is 0.259 e. The van der Waals surface area contributed by atoms with Crippen molar-refractivity contribution in [3.8, 4) is 0 Å². The van der Waals surface area contributed by atoms with Gasteiger partial charge in [0.1, 0.15) is 0 Å². The van der Waals surface area contributed by atoms with Gasteiger partial charge >= 0.3 is 0 Å². The molecule has 0 unspecified atom stereocenters. The Kier molecular flexibility index (Phi) is 3.16. The van der Waals surface area contributed by atoms with Gasteiger partial charge in [0.15, 0.2) is 5.89 Å². The molecule has 1 aliphatic rings. The zero-order valence-electron chi connectivity index (χ0n) is 5.99. The Bertz CT molecular complexity index is 130. The lowest BCUT2D eigenvalue weighted by atomic mass is 11.0. The lowest BCUT2D eigenvalue weighted by molar-refractivity contribution is 1.59. The third kappa shape index (κ3) is 1.90. The lowest BCUT2D eigenvalue weighted by Gasteiger charge is -2.26. The second-order valence-corrected chi connectivity index (χ2v) is 30.2. The van der Waals surface area contributed by atoms with E-state index in [9.17, 15) is 0 Å². The first-order chi connectivity index (χ1) is 4.46. The molecule has 1 rings (SSSR count). The molecule has 0 aromatic rings. The zero-order valence-corrected chi connectivity index (χ0v) is 11.1. The van der Waals surface area contributed by atoms with Gasteiger partial charge in [-0.3, -0.25) is 0 Å². The van der Waals surface area contributed by atoms with E-state index in [-0.39, 0.29) is 0 Å². The quantitative estimate of drug-likeness (QED) is 0.517. The van der Waals surface area contributed by atoms with Gasteiger partial charge in [0.2, 0.25) is 0 Å². The predicted octanol–water partition coefficient (Wildman–Crippen LogP) is 3.17. The van der Waals surface area contributed by atoms with Crippen LogP contribution in [0.25, 0.3) is 0 Å². The van der Waals surface area contributed by atoms with E-state index >= 15 is 0 Å². The molecule has 0 N–H and O–H groups in total. The van der Waals surface area contributed by atoms with Crippen LogP contribution in [0.5, 0.6) is 0 Å². The van der Waals surface area contributed by atoms with Crippen LogP contribution in [0, 0.1) is 0 Å². The third-order valence-corrected chi connectivity index (χ3v) is 37.6. The van der Waals surface area contributed by atoms with E-state index in [0.29, 0.717) is 0 Å². The summed E-state index contributed by atoms with van der Waals surface area (Å²) in [6, 6.07) is 0. The summed E-state index contributed by atoms with van der Waals surface area (Å²) in [5.74, 6) is 1.23. The molecular weight excluding hydrogens is 239 g/mol. The molecule has 60 valence electrons. The molecule has 1 aliphatic heterocycles. The van der Waals surface area contributed by atoms with E-state index in [2.05, 4.69) is 35.5 Å². The summed E-state index contributed by atoms with van der Waals surface area (Å²) in [4.78, 5) is 0. The van der Waals surface area contributed by atoms with Gasteiger partial charge in [-0.05, 0) is 18.1 Å². The van der Waals surface area contributed by atoms with Crippen molar-refractivity contribution in [1.29, 1.82) is 0 Å². The van der Waals surface area contributed by atoms with Crippen molar-refractivity contribution in [2.75, 3.05) is 11.5 Å². The maximum atomic E-state index is 6.21. The molecule has 1 fully saturated rings. The van der Waals surface area contributed by atoms with Crippen LogP contribution in [-0.2, 0) is 0 Å². The van der Waals surface area contributed by atoms with Gasteiger partial charge in [-0.25, -0.2) is 0 Å². The van der Waals surface area contributed by atoms with E-state index < -0.39 is 12.1 Å². The molecule has 0 aromatic carbocycles. The molecule has 0 spiro atoms. The smallest absolute Gasteiger partial charge is 0.172 e. The molecule has 0 nitrogen and oxygen atoms in total. The first-order valence-electron chi connectivity index (χ1n) is 3.11. The molecule has 1 heterocycles. The second-order valence-electron chi connectivity index (χ2n) is 2.53. The van der Waals surface area contributed by atoms with Crippen LogP contribution in [0.4, 0.5) is 0 Å². The minimum Gasteiger partial charge on any atom is -0.172 e. The monoisotopic (exact) mass is 248 g/mol. The van der Waals surface area contributed by atoms with Gasteiger partial charge in [0.25, 0.3) is 6.21 Å². The topological polar surface area (TPSA) is 0 Å². The maximum absolute atomic E-state index is 6.21. The van der Waals surface area contributed by atoms with E-state index in [1.54, 1.807) is 0 Å². The predicted molar refractivity (Wildman–Crippen MR) is 59.9 cm³/mol. The molecular formula is C4H10Cl2S2Si2. The summed E-state index contributed by atoms with van der Waals surface area (Å²) < 4.78 is 0. The molecule has 0 aliphatic carbocycles. The van der Waals surface area contributed by atoms with Crippen molar-refractivity contribution in [2.24, 2.45) is 0 Å². The Morgan fingerprint density at radius 2 is 1.70 bits per heavy atom. The summed E-state index contributed by atoms with van der Waals surface area (Å²) in [5, 5.41) is 0. The standard InChI is InChI=1S/C4H10Cl2S2Si2/c1-9(5,6)10(2)7-3-4-8-10/h3-4H2,1-2H3.